The van der Waals surface area contributed by atoms with Crippen molar-refractivity contribution in [2.75, 3.05) is 11.1 Å². The highest BCUT2D eigenvalue weighted by Crippen LogP contribution is 2.29. The summed E-state index contributed by atoms with van der Waals surface area (Å²) in [6.45, 7) is 1.92. The Hall–Kier alpha value is -2.03. The Balaban J connectivity index is 1.86. The second-order valence-corrected chi connectivity index (χ2v) is 5.27. The third-order valence-electron chi connectivity index (χ3n) is 2.67. The van der Waals surface area contributed by atoms with Crippen molar-refractivity contribution in [1.29, 1.82) is 0 Å². The number of rotatable bonds is 5. The van der Waals surface area contributed by atoms with Gasteiger partial charge in [0.1, 0.15) is 5.82 Å². The quantitative estimate of drug-likeness (QED) is 0.827. The van der Waals surface area contributed by atoms with Gasteiger partial charge in [0.05, 0.1) is 11.3 Å². The molecule has 22 heavy (non-hydrogen) atoms. The smallest absolute Gasteiger partial charge is 0.325 e. The molecule has 0 saturated carbocycles. The zero-order chi connectivity index (χ0) is 16.2. The summed E-state index contributed by atoms with van der Waals surface area (Å²) in [4.78, 5) is 15.9. The summed E-state index contributed by atoms with van der Waals surface area (Å²) < 4.78 is 37.2. The molecule has 2 rings (SSSR count). The van der Waals surface area contributed by atoms with E-state index in [4.69, 9.17) is 0 Å². The van der Waals surface area contributed by atoms with Gasteiger partial charge in [-0.3, -0.25) is 9.89 Å². The van der Waals surface area contributed by atoms with Crippen LogP contribution in [0.4, 0.5) is 18.9 Å². The Bertz CT molecular complexity index is 639. The summed E-state index contributed by atoms with van der Waals surface area (Å²) in [5.41, 5.74) is -0.449. The highest BCUT2D eigenvalue weighted by Gasteiger charge is 2.29. The molecule has 0 fully saturated rings. The van der Waals surface area contributed by atoms with Crippen LogP contribution in [0.25, 0.3) is 0 Å². The maximum atomic E-state index is 12.4. The van der Waals surface area contributed by atoms with Gasteiger partial charge in [-0.15, -0.1) is 5.10 Å². The number of hydrogen-bond acceptors (Lipinski definition) is 4. The SMILES string of the molecule is CCc1nc(SCC(=O)Nc2ccc(C(F)(F)F)cc2)n[nH]1. The first-order valence-electron chi connectivity index (χ1n) is 6.39. The number of H-pyrrole nitrogens is 1. The Morgan fingerprint density at radius 2 is 2.00 bits per heavy atom. The Morgan fingerprint density at radius 1 is 1.32 bits per heavy atom. The average molecular weight is 330 g/mol. The minimum atomic E-state index is -4.39. The van der Waals surface area contributed by atoms with E-state index in [1.54, 1.807) is 0 Å². The minimum absolute atomic E-state index is 0.0715. The molecular weight excluding hydrogens is 317 g/mol. The van der Waals surface area contributed by atoms with Crippen LogP contribution in [0.5, 0.6) is 0 Å². The summed E-state index contributed by atoms with van der Waals surface area (Å²) in [7, 11) is 0. The van der Waals surface area contributed by atoms with Crippen molar-refractivity contribution in [3.8, 4) is 0 Å². The number of aromatic nitrogens is 3. The van der Waals surface area contributed by atoms with Gasteiger partial charge < -0.3 is 5.32 Å². The number of carbonyl (C=O) groups is 1. The van der Waals surface area contributed by atoms with Crippen LogP contribution in [0.15, 0.2) is 29.4 Å². The molecule has 1 amide bonds. The third kappa shape index (κ3) is 4.48. The third-order valence-corrected chi connectivity index (χ3v) is 3.52. The van der Waals surface area contributed by atoms with E-state index in [2.05, 4.69) is 20.5 Å². The van der Waals surface area contributed by atoms with Crippen LogP contribution >= 0.6 is 11.8 Å². The number of alkyl halides is 3. The number of aromatic amines is 1. The van der Waals surface area contributed by atoms with Crippen molar-refractivity contribution in [1.82, 2.24) is 15.2 Å². The molecule has 118 valence electrons. The summed E-state index contributed by atoms with van der Waals surface area (Å²) in [5, 5.41) is 9.63. The van der Waals surface area contributed by atoms with E-state index in [0.717, 1.165) is 29.7 Å². The average Bonchev–Trinajstić information content (AvgIpc) is 2.93. The number of hydrogen-bond donors (Lipinski definition) is 2. The largest absolute Gasteiger partial charge is 0.416 e. The normalized spacial score (nSPS) is 11.5. The molecule has 0 saturated heterocycles. The summed E-state index contributed by atoms with van der Waals surface area (Å²) in [5.74, 6) is 0.459. The van der Waals surface area contributed by atoms with Crippen LogP contribution in [0, 0.1) is 0 Å². The van der Waals surface area contributed by atoms with Crippen molar-refractivity contribution in [3.05, 3.63) is 35.7 Å². The van der Waals surface area contributed by atoms with E-state index in [1.165, 1.54) is 12.1 Å². The Labute approximate surface area is 128 Å². The van der Waals surface area contributed by atoms with Gasteiger partial charge in [-0.25, -0.2) is 4.98 Å². The van der Waals surface area contributed by atoms with E-state index in [0.29, 0.717) is 17.3 Å². The fourth-order valence-corrected chi connectivity index (χ4v) is 2.19. The number of anilines is 1. The van der Waals surface area contributed by atoms with E-state index < -0.39 is 11.7 Å². The second kappa shape index (κ2) is 6.82. The minimum Gasteiger partial charge on any atom is -0.325 e. The summed E-state index contributed by atoms with van der Waals surface area (Å²) in [6.07, 6.45) is -3.67. The number of aryl methyl sites for hydroxylation is 1. The molecule has 2 aromatic rings. The number of benzene rings is 1. The van der Waals surface area contributed by atoms with Crippen molar-refractivity contribution >= 4 is 23.4 Å². The van der Waals surface area contributed by atoms with Crippen molar-refractivity contribution in [3.63, 3.8) is 0 Å². The number of nitrogens with one attached hydrogen (secondary N) is 2. The van der Waals surface area contributed by atoms with Gasteiger partial charge in [-0.2, -0.15) is 13.2 Å². The first-order valence-corrected chi connectivity index (χ1v) is 7.38. The maximum Gasteiger partial charge on any atom is 0.416 e. The fourth-order valence-electron chi connectivity index (χ4n) is 1.57. The van der Waals surface area contributed by atoms with Gasteiger partial charge in [0, 0.05) is 12.1 Å². The summed E-state index contributed by atoms with van der Waals surface area (Å²) in [6, 6.07) is 4.28. The van der Waals surface area contributed by atoms with Crippen LogP contribution in [-0.2, 0) is 17.4 Å². The molecule has 0 unspecified atom stereocenters. The Kier molecular flexibility index (Phi) is 5.07. The first kappa shape index (κ1) is 16.3. The molecule has 2 N–H and O–H groups in total. The molecule has 1 aromatic heterocycles. The van der Waals surface area contributed by atoms with Crippen LogP contribution < -0.4 is 5.32 Å². The lowest BCUT2D eigenvalue weighted by Crippen LogP contribution is -2.14. The van der Waals surface area contributed by atoms with E-state index in [-0.39, 0.29) is 11.7 Å². The highest BCUT2D eigenvalue weighted by atomic mass is 32.2. The molecule has 5 nitrogen and oxygen atoms in total. The van der Waals surface area contributed by atoms with Crippen molar-refractivity contribution in [2.45, 2.75) is 24.7 Å². The lowest BCUT2D eigenvalue weighted by atomic mass is 10.2. The lowest BCUT2D eigenvalue weighted by Gasteiger charge is -2.08. The molecule has 0 spiro atoms. The molecule has 9 heteroatoms. The Morgan fingerprint density at radius 3 is 2.55 bits per heavy atom. The van der Waals surface area contributed by atoms with Gasteiger partial charge in [0.25, 0.3) is 0 Å². The molecule has 0 aliphatic heterocycles. The van der Waals surface area contributed by atoms with Gasteiger partial charge in [0.15, 0.2) is 0 Å². The predicted molar refractivity (Wildman–Crippen MR) is 76.6 cm³/mol. The molecule has 1 heterocycles. The van der Waals surface area contributed by atoms with Crippen LogP contribution in [-0.4, -0.2) is 26.8 Å². The van der Waals surface area contributed by atoms with Gasteiger partial charge in [0.2, 0.25) is 11.1 Å². The lowest BCUT2D eigenvalue weighted by molar-refractivity contribution is -0.137. The molecule has 0 aliphatic carbocycles. The fraction of sp³-hybridized carbons (Fsp3) is 0.308. The maximum absolute atomic E-state index is 12.4. The van der Waals surface area contributed by atoms with E-state index in [1.807, 2.05) is 6.92 Å². The number of amides is 1. The number of nitrogens with zero attached hydrogens (tertiary/aromatic N) is 2. The number of halogens is 3. The molecule has 0 radical (unpaired) electrons. The zero-order valence-corrected chi connectivity index (χ0v) is 12.4. The second-order valence-electron chi connectivity index (χ2n) is 4.33. The zero-order valence-electron chi connectivity index (χ0n) is 11.6. The topological polar surface area (TPSA) is 70.7 Å². The van der Waals surface area contributed by atoms with Crippen molar-refractivity contribution < 1.29 is 18.0 Å². The monoisotopic (exact) mass is 330 g/mol. The van der Waals surface area contributed by atoms with Crippen molar-refractivity contribution in [2.24, 2.45) is 0 Å². The molecule has 0 atom stereocenters. The summed E-state index contributed by atoms with van der Waals surface area (Å²) >= 11 is 1.15. The highest BCUT2D eigenvalue weighted by molar-refractivity contribution is 7.99. The van der Waals surface area contributed by atoms with Crippen LogP contribution in [0.3, 0.4) is 0 Å². The van der Waals surface area contributed by atoms with Gasteiger partial charge in [-0.1, -0.05) is 18.7 Å². The van der Waals surface area contributed by atoms with Crippen LogP contribution in [0.2, 0.25) is 0 Å². The van der Waals surface area contributed by atoms with E-state index >= 15 is 0 Å². The number of thioether (sulfide) groups is 1. The molecule has 0 aliphatic rings. The number of carbonyl (C=O) groups excluding carboxylic acids is 1. The first-order chi connectivity index (χ1) is 10.4. The molecule has 1 aromatic carbocycles. The molecular formula is C13H13F3N4OS. The standard InChI is InChI=1S/C13H13F3N4OS/c1-2-10-18-12(20-19-10)22-7-11(21)17-9-5-3-8(4-6-9)13(14,15)16/h3-6H,2,7H2,1H3,(H,17,21)(H,18,19,20). The van der Waals surface area contributed by atoms with E-state index in [9.17, 15) is 18.0 Å². The van der Waals surface area contributed by atoms with Gasteiger partial charge in [-0.05, 0) is 24.3 Å². The predicted octanol–water partition coefficient (Wildman–Crippen LogP) is 3.12. The van der Waals surface area contributed by atoms with Gasteiger partial charge >= 0.3 is 6.18 Å². The van der Waals surface area contributed by atoms with Crippen LogP contribution in [0.1, 0.15) is 18.3 Å². The molecule has 0 bridgehead atoms.